The average molecular weight is 516 g/mol. The number of nitro groups is 4. The van der Waals surface area contributed by atoms with E-state index in [1.165, 1.54) is 14.1 Å². The Balaban J connectivity index is 1.75. The zero-order chi connectivity index (χ0) is 27.3. The first-order valence-corrected chi connectivity index (χ1v) is 10.4. The first-order chi connectivity index (χ1) is 17.3. The van der Waals surface area contributed by atoms with Crippen molar-refractivity contribution < 1.29 is 19.7 Å². The highest BCUT2D eigenvalue weighted by Crippen LogP contribution is 2.33. The summed E-state index contributed by atoms with van der Waals surface area (Å²) < 4.78 is 4.52. The van der Waals surface area contributed by atoms with Crippen LogP contribution in [0.1, 0.15) is 6.42 Å². The summed E-state index contributed by atoms with van der Waals surface area (Å²) in [5.41, 5.74) is -4.04. The maximum Gasteiger partial charge on any atom is 0.348 e. The highest BCUT2D eigenvalue weighted by molar-refractivity contribution is 5.84. The monoisotopic (exact) mass is 516 g/mol. The first-order valence-electron chi connectivity index (χ1n) is 10.4. The zero-order valence-electron chi connectivity index (χ0n) is 19.1. The number of nitrogens with zero attached hydrogens (tertiary/aromatic N) is 8. The van der Waals surface area contributed by atoms with Crippen molar-refractivity contribution in [2.45, 2.75) is 19.5 Å². The molecule has 0 amide bonds. The Labute approximate surface area is 202 Å². The number of rotatable bonds is 8. The lowest BCUT2D eigenvalue weighted by Crippen LogP contribution is -2.25. The molecule has 2 aromatic carbocycles. The van der Waals surface area contributed by atoms with Gasteiger partial charge in [0.25, 0.3) is 0 Å². The van der Waals surface area contributed by atoms with Gasteiger partial charge < -0.3 is 0 Å². The molecule has 4 rings (SSSR count). The fourth-order valence-corrected chi connectivity index (χ4v) is 4.26. The lowest BCUT2D eigenvalue weighted by molar-refractivity contribution is -0.422. The van der Waals surface area contributed by atoms with Gasteiger partial charge in [-0.2, -0.15) is 0 Å². The van der Waals surface area contributed by atoms with Crippen molar-refractivity contribution in [3.8, 4) is 0 Å². The molecule has 2 aromatic heterocycles. The Morgan fingerprint density at radius 1 is 0.568 bits per heavy atom. The quantitative estimate of drug-likeness (QED) is 0.243. The second kappa shape index (κ2) is 8.66. The molecular weight excluding hydrogens is 500 g/mol. The first kappa shape index (κ1) is 24.7. The van der Waals surface area contributed by atoms with Crippen LogP contribution in [0.3, 0.4) is 0 Å². The minimum atomic E-state index is -0.929. The van der Waals surface area contributed by atoms with E-state index in [2.05, 4.69) is 0 Å². The van der Waals surface area contributed by atoms with Gasteiger partial charge in [-0.3, -0.25) is 58.7 Å². The Morgan fingerprint density at radius 2 is 0.838 bits per heavy atom. The van der Waals surface area contributed by atoms with E-state index in [4.69, 9.17) is 0 Å². The number of hydrogen-bond acceptors (Lipinski definition) is 10. The van der Waals surface area contributed by atoms with Gasteiger partial charge in [0.05, 0.1) is 41.8 Å². The molecule has 0 saturated heterocycles. The molecule has 0 aliphatic rings. The summed E-state index contributed by atoms with van der Waals surface area (Å²) >= 11 is 0. The van der Waals surface area contributed by atoms with Crippen molar-refractivity contribution in [3.63, 3.8) is 0 Å². The summed E-state index contributed by atoms with van der Waals surface area (Å²) in [5.74, 6) is 0. The summed E-state index contributed by atoms with van der Waals surface area (Å²) in [6.07, 6.45) is 0.0909. The molecule has 0 atom stereocenters. The molecule has 0 bridgehead atoms. The highest BCUT2D eigenvalue weighted by atomic mass is 16.6. The Hall–Kier alpha value is -5.42. The van der Waals surface area contributed by atoms with Crippen LogP contribution in [-0.2, 0) is 27.2 Å². The predicted molar refractivity (Wildman–Crippen MR) is 126 cm³/mol. The molecule has 0 unspecified atom stereocenters. The molecule has 4 aromatic rings. The smallest absolute Gasteiger partial charge is 0.295 e. The van der Waals surface area contributed by atoms with Gasteiger partial charge in [0.15, 0.2) is 0 Å². The minimum absolute atomic E-state index is 0.0664. The standard InChI is InChI=1S/C19H16N8O10/c1-20-10-6-14(24(30)31)16(26(34)35)8-12(10)22(18(20)28)4-3-5-23-13-9-17(27(36)37)15(25(32)33)7-11(13)21(2)19(23)29/h6-9H,3-5H2,1-2H3. The van der Waals surface area contributed by atoms with Crippen molar-refractivity contribution in [2.24, 2.45) is 14.1 Å². The number of imidazole rings is 2. The van der Waals surface area contributed by atoms with Gasteiger partial charge in [0.2, 0.25) is 0 Å². The number of fused-ring (bicyclic) bond motifs is 2. The molecule has 0 N–H and O–H groups in total. The van der Waals surface area contributed by atoms with Crippen molar-refractivity contribution in [2.75, 3.05) is 0 Å². The molecule has 2 heterocycles. The van der Waals surface area contributed by atoms with Gasteiger partial charge in [0, 0.05) is 51.5 Å². The van der Waals surface area contributed by atoms with E-state index in [0.29, 0.717) is 0 Å². The lowest BCUT2D eigenvalue weighted by atomic mass is 10.2. The molecule has 192 valence electrons. The van der Waals surface area contributed by atoms with Crippen LogP contribution in [-0.4, -0.2) is 38.0 Å². The minimum Gasteiger partial charge on any atom is -0.295 e. The van der Waals surface area contributed by atoms with E-state index in [-0.39, 0.29) is 41.6 Å². The number of aromatic nitrogens is 4. The largest absolute Gasteiger partial charge is 0.348 e. The van der Waals surface area contributed by atoms with E-state index in [9.17, 15) is 50.0 Å². The number of benzene rings is 2. The van der Waals surface area contributed by atoms with Gasteiger partial charge in [-0.1, -0.05) is 0 Å². The van der Waals surface area contributed by atoms with Gasteiger partial charge in [0.1, 0.15) is 0 Å². The Bertz CT molecular complexity index is 1660. The van der Waals surface area contributed by atoms with Crippen molar-refractivity contribution in [3.05, 3.63) is 85.7 Å². The maximum absolute atomic E-state index is 12.8. The molecule has 0 saturated carbocycles. The van der Waals surface area contributed by atoms with Crippen LogP contribution in [0.4, 0.5) is 22.7 Å². The third-order valence-corrected chi connectivity index (χ3v) is 6.03. The average Bonchev–Trinajstić information content (AvgIpc) is 3.21. The fourth-order valence-electron chi connectivity index (χ4n) is 4.26. The summed E-state index contributed by atoms with van der Waals surface area (Å²) in [4.78, 5) is 67.1. The van der Waals surface area contributed by atoms with Crippen LogP contribution >= 0.6 is 0 Å². The topological polar surface area (TPSA) is 226 Å². The van der Waals surface area contributed by atoms with E-state index in [1.807, 2.05) is 0 Å². The second-order valence-electron chi connectivity index (χ2n) is 8.03. The predicted octanol–water partition coefficient (Wildman–Crippen LogP) is 1.72. The second-order valence-corrected chi connectivity index (χ2v) is 8.03. The SMILES string of the molecule is Cn1c(=O)n(CCCn2c(=O)n(C)c3cc([N+](=O)[O-])c([N+](=O)[O-])cc32)c2cc([N+](=O)[O-])c([N+](=O)[O-])cc21. The lowest BCUT2D eigenvalue weighted by Gasteiger charge is -2.06. The van der Waals surface area contributed by atoms with Crippen molar-refractivity contribution in [1.29, 1.82) is 0 Å². The molecule has 18 nitrogen and oxygen atoms in total. The Morgan fingerprint density at radius 3 is 1.11 bits per heavy atom. The molecule has 0 aliphatic carbocycles. The normalized spacial score (nSPS) is 11.3. The molecule has 18 heteroatoms. The Kier molecular flexibility index (Phi) is 5.78. The summed E-state index contributed by atoms with van der Waals surface area (Å²) in [7, 11) is 2.69. The van der Waals surface area contributed by atoms with Crippen molar-refractivity contribution in [1.82, 2.24) is 18.3 Å². The fraction of sp³-hybridized carbons (Fsp3) is 0.263. The van der Waals surface area contributed by atoms with Crippen LogP contribution < -0.4 is 11.4 Å². The maximum atomic E-state index is 12.8. The number of hydrogen-bond donors (Lipinski definition) is 0. The molecule has 0 spiro atoms. The molecular formula is C19H16N8O10. The third-order valence-electron chi connectivity index (χ3n) is 6.03. The zero-order valence-corrected chi connectivity index (χ0v) is 19.1. The van der Waals surface area contributed by atoms with Crippen LogP contribution in [0.25, 0.3) is 22.1 Å². The van der Waals surface area contributed by atoms with Gasteiger partial charge in [-0.05, 0) is 6.42 Å². The van der Waals surface area contributed by atoms with Crippen LogP contribution in [0.5, 0.6) is 0 Å². The number of aryl methyl sites for hydroxylation is 4. The summed E-state index contributed by atoms with van der Waals surface area (Å²) in [6.45, 7) is -0.133. The van der Waals surface area contributed by atoms with Gasteiger partial charge >= 0.3 is 34.1 Å². The molecule has 0 radical (unpaired) electrons. The van der Waals surface area contributed by atoms with E-state index < -0.39 is 53.8 Å². The summed E-state index contributed by atoms with van der Waals surface area (Å²) in [5, 5.41) is 45.2. The van der Waals surface area contributed by atoms with E-state index >= 15 is 0 Å². The molecule has 0 fully saturated rings. The van der Waals surface area contributed by atoms with Crippen LogP contribution in [0.15, 0.2) is 33.9 Å². The third kappa shape index (κ3) is 3.85. The highest BCUT2D eigenvalue weighted by Gasteiger charge is 2.29. The van der Waals surface area contributed by atoms with Gasteiger partial charge in [-0.15, -0.1) is 0 Å². The van der Waals surface area contributed by atoms with E-state index in [1.54, 1.807) is 0 Å². The van der Waals surface area contributed by atoms with Crippen LogP contribution in [0.2, 0.25) is 0 Å². The number of nitro benzene ring substituents is 4. The molecule has 37 heavy (non-hydrogen) atoms. The van der Waals surface area contributed by atoms with Gasteiger partial charge in [-0.25, -0.2) is 9.59 Å². The molecule has 0 aliphatic heterocycles. The van der Waals surface area contributed by atoms with E-state index in [0.717, 1.165) is 42.5 Å². The van der Waals surface area contributed by atoms with Crippen molar-refractivity contribution >= 4 is 44.8 Å². The summed E-state index contributed by atoms with van der Waals surface area (Å²) in [6, 6.07) is 3.74. The van der Waals surface area contributed by atoms with Crippen LogP contribution in [0, 0.1) is 40.5 Å².